The van der Waals surface area contributed by atoms with E-state index in [4.69, 9.17) is 14.0 Å². The molecule has 0 atom stereocenters. The van der Waals surface area contributed by atoms with Crippen molar-refractivity contribution < 1.29 is 14.0 Å². The number of ether oxygens (including phenoxy) is 2. The van der Waals surface area contributed by atoms with Gasteiger partial charge in [0, 0.05) is 11.5 Å². The van der Waals surface area contributed by atoms with Crippen molar-refractivity contribution in [3.05, 3.63) is 64.8 Å². The van der Waals surface area contributed by atoms with Gasteiger partial charge in [0.15, 0.2) is 0 Å². The summed E-state index contributed by atoms with van der Waals surface area (Å²) in [5.74, 6) is 2.01. The summed E-state index contributed by atoms with van der Waals surface area (Å²) in [6, 6.07) is 12.6. The van der Waals surface area contributed by atoms with Crippen LogP contribution in [0.3, 0.4) is 0 Å². The van der Waals surface area contributed by atoms with Gasteiger partial charge in [0.2, 0.25) is 17.1 Å². The van der Waals surface area contributed by atoms with E-state index in [1.807, 2.05) is 18.2 Å². The molecule has 0 unspecified atom stereocenters. The van der Waals surface area contributed by atoms with Crippen molar-refractivity contribution >= 4 is 10.9 Å². The van der Waals surface area contributed by atoms with Gasteiger partial charge < -0.3 is 14.0 Å². The average Bonchev–Trinajstić information content (AvgIpc) is 3.18. The highest BCUT2D eigenvalue weighted by Crippen LogP contribution is 2.31. The van der Waals surface area contributed by atoms with Crippen molar-refractivity contribution in [1.29, 1.82) is 0 Å². The second kappa shape index (κ2) is 6.91. The Morgan fingerprint density at radius 1 is 1.11 bits per heavy atom. The Bertz CT molecular complexity index is 1170. The van der Waals surface area contributed by atoms with Gasteiger partial charge in [-0.15, -0.1) is 0 Å². The van der Waals surface area contributed by atoms with Crippen LogP contribution in [-0.4, -0.2) is 34.1 Å². The third-order valence-electron chi connectivity index (χ3n) is 4.16. The van der Waals surface area contributed by atoms with Crippen LogP contribution in [0.1, 0.15) is 5.89 Å². The van der Waals surface area contributed by atoms with Crippen LogP contribution in [0.25, 0.3) is 22.3 Å². The molecule has 0 aliphatic heterocycles. The number of aromatic nitrogens is 4. The molecule has 8 nitrogen and oxygen atoms in total. The number of methoxy groups -OCH3 is 2. The maximum absolute atomic E-state index is 11.9. The summed E-state index contributed by atoms with van der Waals surface area (Å²) in [7, 11) is 3.15. The van der Waals surface area contributed by atoms with Crippen molar-refractivity contribution in [2.45, 2.75) is 6.54 Å². The minimum atomic E-state index is -0.129. The molecule has 8 heteroatoms. The Balaban J connectivity index is 1.69. The highest BCUT2D eigenvalue weighted by Gasteiger charge is 2.15. The van der Waals surface area contributed by atoms with Gasteiger partial charge in [-0.2, -0.15) is 10.1 Å². The molecule has 27 heavy (non-hydrogen) atoms. The van der Waals surface area contributed by atoms with E-state index < -0.39 is 0 Å². The van der Waals surface area contributed by atoms with E-state index in [9.17, 15) is 4.79 Å². The zero-order valence-corrected chi connectivity index (χ0v) is 14.7. The monoisotopic (exact) mass is 364 g/mol. The predicted octanol–water partition coefficient (Wildman–Crippen LogP) is 2.51. The molecule has 2 aromatic heterocycles. The first-order chi connectivity index (χ1) is 13.2. The second-order valence-corrected chi connectivity index (χ2v) is 5.76. The Hall–Kier alpha value is -3.68. The fourth-order valence-corrected chi connectivity index (χ4v) is 2.83. The van der Waals surface area contributed by atoms with Crippen LogP contribution in [-0.2, 0) is 6.54 Å². The summed E-state index contributed by atoms with van der Waals surface area (Å²) in [4.78, 5) is 16.4. The number of fused-ring (bicyclic) bond motifs is 1. The van der Waals surface area contributed by atoms with Gasteiger partial charge in [-0.25, -0.2) is 0 Å². The highest BCUT2D eigenvalue weighted by molar-refractivity contribution is 5.78. The van der Waals surface area contributed by atoms with E-state index in [0.29, 0.717) is 39.7 Å². The Kier molecular flexibility index (Phi) is 4.29. The second-order valence-electron chi connectivity index (χ2n) is 5.76. The minimum absolute atomic E-state index is 0.129. The van der Waals surface area contributed by atoms with Crippen LogP contribution >= 0.6 is 0 Å². The van der Waals surface area contributed by atoms with Crippen LogP contribution in [0.5, 0.6) is 11.5 Å². The van der Waals surface area contributed by atoms with E-state index in [-0.39, 0.29) is 12.0 Å². The summed E-state index contributed by atoms with van der Waals surface area (Å²) in [5.41, 5.74) is 1.26. The van der Waals surface area contributed by atoms with Gasteiger partial charge in [0.25, 0.3) is 0 Å². The molecule has 0 saturated heterocycles. The van der Waals surface area contributed by atoms with Crippen LogP contribution in [0.4, 0.5) is 0 Å². The molecule has 2 aromatic carbocycles. The van der Waals surface area contributed by atoms with Crippen molar-refractivity contribution in [3.63, 3.8) is 0 Å². The van der Waals surface area contributed by atoms with Gasteiger partial charge in [-0.1, -0.05) is 17.3 Å². The number of hydrogen-bond donors (Lipinski definition) is 0. The largest absolute Gasteiger partial charge is 0.497 e. The lowest BCUT2D eigenvalue weighted by molar-refractivity contribution is 0.366. The van der Waals surface area contributed by atoms with Gasteiger partial charge in [-0.05, 0) is 24.3 Å². The number of nitrogens with zero attached hydrogens (tertiary/aromatic N) is 4. The first-order valence-corrected chi connectivity index (χ1v) is 8.19. The predicted molar refractivity (Wildman–Crippen MR) is 97.9 cm³/mol. The highest BCUT2D eigenvalue weighted by atomic mass is 16.5. The van der Waals surface area contributed by atoms with E-state index >= 15 is 0 Å². The lowest BCUT2D eigenvalue weighted by atomic mass is 10.2. The SMILES string of the molecule is COc1ccc(-c2noc(Cn3ncc(=O)c4ccccc43)n2)c(OC)c1. The van der Waals surface area contributed by atoms with Crippen molar-refractivity contribution in [2.75, 3.05) is 14.2 Å². The first-order valence-electron chi connectivity index (χ1n) is 8.19. The number of benzene rings is 2. The summed E-state index contributed by atoms with van der Waals surface area (Å²) in [5, 5.41) is 8.80. The van der Waals surface area contributed by atoms with E-state index in [0.717, 1.165) is 0 Å². The topological polar surface area (TPSA) is 92.3 Å². The molecule has 2 heterocycles. The number of hydrogen-bond acceptors (Lipinski definition) is 7. The van der Waals surface area contributed by atoms with Gasteiger partial charge in [-0.3, -0.25) is 9.48 Å². The Labute approximate surface area is 154 Å². The molecule has 0 saturated carbocycles. The Morgan fingerprint density at radius 3 is 2.78 bits per heavy atom. The first kappa shape index (κ1) is 16.8. The summed E-state index contributed by atoms with van der Waals surface area (Å²) in [6.07, 6.45) is 1.28. The molecule has 0 amide bonds. The molecule has 0 N–H and O–H groups in total. The smallest absolute Gasteiger partial charge is 0.248 e. The van der Waals surface area contributed by atoms with Gasteiger partial charge in [0.1, 0.15) is 18.0 Å². The Morgan fingerprint density at radius 2 is 1.96 bits per heavy atom. The maximum Gasteiger partial charge on any atom is 0.248 e. The average molecular weight is 364 g/mol. The van der Waals surface area contributed by atoms with Crippen molar-refractivity contribution in [3.8, 4) is 22.9 Å². The van der Waals surface area contributed by atoms with Crippen molar-refractivity contribution in [2.24, 2.45) is 0 Å². The van der Waals surface area contributed by atoms with Crippen LogP contribution in [0.2, 0.25) is 0 Å². The van der Waals surface area contributed by atoms with Crippen LogP contribution < -0.4 is 14.9 Å². The van der Waals surface area contributed by atoms with Crippen LogP contribution in [0, 0.1) is 0 Å². The summed E-state index contributed by atoms with van der Waals surface area (Å²) < 4.78 is 17.6. The minimum Gasteiger partial charge on any atom is -0.497 e. The van der Waals surface area contributed by atoms with Crippen molar-refractivity contribution in [1.82, 2.24) is 19.9 Å². The van der Waals surface area contributed by atoms with Gasteiger partial charge in [0.05, 0.1) is 31.5 Å². The zero-order valence-electron chi connectivity index (χ0n) is 14.7. The number of rotatable bonds is 5. The van der Waals surface area contributed by atoms with Gasteiger partial charge >= 0.3 is 0 Å². The lowest BCUT2D eigenvalue weighted by Crippen LogP contribution is -2.13. The third kappa shape index (κ3) is 3.12. The summed E-state index contributed by atoms with van der Waals surface area (Å²) in [6.45, 7) is 0.242. The molecule has 0 radical (unpaired) electrons. The molecule has 0 bridgehead atoms. The lowest BCUT2D eigenvalue weighted by Gasteiger charge is -2.07. The fourth-order valence-electron chi connectivity index (χ4n) is 2.83. The molecular formula is C19H16N4O4. The quantitative estimate of drug-likeness (QED) is 0.537. The molecule has 0 aliphatic rings. The molecule has 136 valence electrons. The molecule has 0 aliphatic carbocycles. The molecule has 0 spiro atoms. The standard InChI is InChI=1S/C19H16N4O4/c1-25-12-7-8-14(17(9-12)26-2)19-21-18(27-22-19)11-23-15-6-4-3-5-13(15)16(24)10-20-23/h3-10H,11H2,1-2H3. The van der Waals surface area contributed by atoms with Crippen LogP contribution in [0.15, 0.2) is 58.0 Å². The molecule has 4 aromatic rings. The normalized spacial score (nSPS) is 10.9. The molecular weight excluding hydrogens is 348 g/mol. The summed E-state index contributed by atoms with van der Waals surface area (Å²) >= 11 is 0. The molecule has 4 rings (SSSR count). The zero-order chi connectivity index (χ0) is 18.8. The molecule has 0 fully saturated rings. The van der Waals surface area contributed by atoms with E-state index in [1.165, 1.54) is 6.20 Å². The fraction of sp³-hybridized carbons (Fsp3) is 0.158. The third-order valence-corrected chi connectivity index (χ3v) is 4.16. The van der Waals surface area contributed by atoms with E-state index in [2.05, 4.69) is 15.2 Å². The van der Waals surface area contributed by atoms with E-state index in [1.54, 1.807) is 43.2 Å². The number of para-hydroxylation sites is 1. The maximum atomic E-state index is 11.9.